The van der Waals surface area contributed by atoms with E-state index in [9.17, 15) is 14.4 Å². The highest BCUT2D eigenvalue weighted by molar-refractivity contribution is 6.06. The van der Waals surface area contributed by atoms with E-state index in [4.69, 9.17) is 9.47 Å². The number of anilines is 2. The first-order chi connectivity index (χ1) is 12.8. The number of esters is 2. The van der Waals surface area contributed by atoms with Crippen molar-refractivity contribution in [1.29, 1.82) is 0 Å². The van der Waals surface area contributed by atoms with Gasteiger partial charge < -0.3 is 19.7 Å². The van der Waals surface area contributed by atoms with Crippen molar-refractivity contribution in [3.05, 3.63) is 59.0 Å². The summed E-state index contributed by atoms with van der Waals surface area (Å²) in [5.41, 5.74) is 2.84. The number of hydrogen-bond donors (Lipinski definition) is 1. The third-order valence-corrected chi connectivity index (χ3v) is 3.91. The minimum atomic E-state index is -0.709. The van der Waals surface area contributed by atoms with Gasteiger partial charge in [0, 0.05) is 13.1 Å². The van der Waals surface area contributed by atoms with Gasteiger partial charge in [-0.25, -0.2) is 9.59 Å². The number of allylic oxidation sites excluding steroid dienone is 2. The summed E-state index contributed by atoms with van der Waals surface area (Å²) < 4.78 is 9.72. The summed E-state index contributed by atoms with van der Waals surface area (Å²) in [5, 5.41) is 2.80. The molecule has 1 aliphatic heterocycles. The van der Waals surface area contributed by atoms with Crippen LogP contribution in [0, 0.1) is 13.8 Å². The maximum absolute atomic E-state index is 12.6. The Morgan fingerprint density at radius 3 is 2.26 bits per heavy atom. The fourth-order valence-electron chi connectivity index (χ4n) is 2.83. The summed E-state index contributed by atoms with van der Waals surface area (Å²) in [6.07, 6.45) is 6.40. The van der Waals surface area contributed by atoms with Gasteiger partial charge >= 0.3 is 11.9 Å². The molecule has 0 atom stereocenters. The highest BCUT2D eigenvalue weighted by Crippen LogP contribution is 2.35. The number of carbonyl (C=O) groups excluding carboxylic acids is 3. The maximum atomic E-state index is 12.6. The van der Waals surface area contributed by atoms with Crippen LogP contribution in [0.3, 0.4) is 0 Å². The van der Waals surface area contributed by atoms with Gasteiger partial charge in [-0.15, -0.1) is 0 Å². The molecule has 0 fully saturated rings. The van der Waals surface area contributed by atoms with Crippen LogP contribution in [-0.2, 0) is 23.9 Å². The number of ether oxygens (including phenoxy) is 2. The highest BCUT2D eigenvalue weighted by atomic mass is 16.5. The van der Waals surface area contributed by atoms with Crippen LogP contribution in [0.5, 0.6) is 0 Å². The van der Waals surface area contributed by atoms with Gasteiger partial charge in [0.1, 0.15) is 5.70 Å². The molecule has 27 heavy (non-hydrogen) atoms. The number of amides is 1. The van der Waals surface area contributed by atoms with E-state index in [1.54, 1.807) is 18.4 Å². The molecule has 142 valence electrons. The molecule has 1 aromatic carbocycles. The maximum Gasteiger partial charge on any atom is 0.355 e. The van der Waals surface area contributed by atoms with Gasteiger partial charge in [0.25, 0.3) is 0 Å². The van der Waals surface area contributed by atoms with Gasteiger partial charge in [0.05, 0.1) is 31.2 Å². The predicted octanol–water partition coefficient (Wildman–Crippen LogP) is 2.75. The zero-order valence-electron chi connectivity index (χ0n) is 16.0. The molecule has 2 rings (SSSR count). The van der Waals surface area contributed by atoms with Crippen molar-refractivity contribution < 1.29 is 23.9 Å². The van der Waals surface area contributed by atoms with Crippen molar-refractivity contribution in [2.45, 2.75) is 20.8 Å². The number of nitrogens with zero attached hydrogens (tertiary/aromatic N) is 1. The van der Waals surface area contributed by atoms with E-state index < -0.39 is 11.9 Å². The second-order valence-electron chi connectivity index (χ2n) is 5.97. The lowest BCUT2D eigenvalue weighted by molar-refractivity contribution is -0.139. The van der Waals surface area contributed by atoms with Crippen LogP contribution in [-0.4, -0.2) is 32.1 Å². The van der Waals surface area contributed by atoms with Gasteiger partial charge in [-0.2, -0.15) is 0 Å². The highest BCUT2D eigenvalue weighted by Gasteiger charge is 2.29. The van der Waals surface area contributed by atoms with Gasteiger partial charge in [-0.05, 0) is 43.2 Å². The lowest BCUT2D eigenvalue weighted by Crippen LogP contribution is -2.28. The van der Waals surface area contributed by atoms with E-state index in [1.165, 1.54) is 32.1 Å². The molecule has 0 aliphatic carbocycles. The number of benzene rings is 1. The first-order valence-corrected chi connectivity index (χ1v) is 8.24. The topological polar surface area (TPSA) is 84.9 Å². The van der Waals surface area contributed by atoms with Crippen LogP contribution in [0.15, 0.2) is 47.8 Å². The number of hydrogen-bond acceptors (Lipinski definition) is 6. The van der Waals surface area contributed by atoms with Crippen LogP contribution >= 0.6 is 0 Å². The Hall–Kier alpha value is -3.35. The van der Waals surface area contributed by atoms with Crippen molar-refractivity contribution >= 4 is 29.2 Å². The molecule has 7 nitrogen and oxygen atoms in total. The molecule has 1 aromatic rings. The zero-order valence-corrected chi connectivity index (χ0v) is 16.0. The minimum Gasteiger partial charge on any atom is -0.465 e. The van der Waals surface area contributed by atoms with E-state index in [1.807, 2.05) is 26.0 Å². The molecule has 1 N–H and O–H groups in total. The van der Waals surface area contributed by atoms with Gasteiger partial charge in [0.15, 0.2) is 0 Å². The van der Waals surface area contributed by atoms with Crippen molar-refractivity contribution in [2.24, 2.45) is 0 Å². The lowest BCUT2D eigenvalue weighted by atomic mass is 10.1. The van der Waals surface area contributed by atoms with Crippen LogP contribution in [0.1, 0.15) is 18.1 Å². The van der Waals surface area contributed by atoms with Gasteiger partial charge in [-0.1, -0.05) is 12.1 Å². The quantitative estimate of drug-likeness (QED) is 0.821. The number of aryl methyl sites for hydroxylation is 2. The first-order valence-electron chi connectivity index (χ1n) is 8.24. The van der Waals surface area contributed by atoms with E-state index >= 15 is 0 Å². The Morgan fingerprint density at radius 1 is 1.00 bits per heavy atom. The van der Waals surface area contributed by atoms with Crippen molar-refractivity contribution in [3.63, 3.8) is 0 Å². The largest absolute Gasteiger partial charge is 0.465 e. The lowest BCUT2D eigenvalue weighted by Gasteiger charge is -2.26. The molecular formula is C20H22N2O5. The predicted molar refractivity (Wildman–Crippen MR) is 102 cm³/mol. The SMILES string of the molecule is COC(=O)C1=C(C(=O)OC)N(c2cc(C)cc(C)c2NC(C)=O)C=CC=C1. The van der Waals surface area contributed by atoms with Crippen LogP contribution < -0.4 is 10.2 Å². The Morgan fingerprint density at radius 2 is 1.67 bits per heavy atom. The average Bonchev–Trinajstić information content (AvgIpc) is 2.85. The first kappa shape index (κ1) is 20.0. The van der Waals surface area contributed by atoms with Crippen molar-refractivity contribution in [2.75, 3.05) is 24.4 Å². The molecule has 1 amide bonds. The fraction of sp³-hybridized carbons (Fsp3) is 0.250. The molecule has 0 radical (unpaired) electrons. The minimum absolute atomic E-state index is 0.00838. The fourth-order valence-corrected chi connectivity index (χ4v) is 2.83. The normalized spacial score (nSPS) is 13.3. The summed E-state index contributed by atoms with van der Waals surface area (Å²) in [4.78, 5) is 38.0. The summed E-state index contributed by atoms with van der Waals surface area (Å²) in [5.74, 6) is -1.64. The van der Waals surface area contributed by atoms with E-state index in [0.29, 0.717) is 11.4 Å². The second-order valence-corrected chi connectivity index (χ2v) is 5.97. The van der Waals surface area contributed by atoms with Crippen LogP contribution in [0.4, 0.5) is 11.4 Å². The Bertz CT molecular complexity index is 881. The van der Waals surface area contributed by atoms with Gasteiger partial charge in [0.2, 0.25) is 5.91 Å². The third-order valence-electron chi connectivity index (χ3n) is 3.91. The molecule has 0 saturated heterocycles. The van der Waals surface area contributed by atoms with Crippen molar-refractivity contribution in [1.82, 2.24) is 0 Å². The Kier molecular flexibility index (Phi) is 6.18. The van der Waals surface area contributed by atoms with E-state index in [2.05, 4.69) is 5.32 Å². The molecular weight excluding hydrogens is 348 g/mol. The van der Waals surface area contributed by atoms with Crippen LogP contribution in [0.2, 0.25) is 0 Å². The second kappa shape index (κ2) is 8.35. The standard InChI is InChI=1S/C20H22N2O5/c1-12-10-13(2)17(21-14(3)23)16(11-12)22-9-7-6-8-15(19(24)26-4)18(22)20(25)27-5/h6-11H,1-5H3,(H,21,23). The Balaban J connectivity index is 2.80. The monoisotopic (exact) mass is 370 g/mol. The third kappa shape index (κ3) is 4.25. The molecule has 7 heteroatoms. The van der Waals surface area contributed by atoms with Crippen LogP contribution in [0.25, 0.3) is 0 Å². The summed E-state index contributed by atoms with van der Waals surface area (Å²) in [6, 6.07) is 3.73. The van der Waals surface area contributed by atoms with Crippen molar-refractivity contribution in [3.8, 4) is 0 Å². The number of rotatable bonds is 4. The Labute approximate surface area is 157 Å². The molecule has 0 spiro atoms. The molecule has 1 heterocycles. The zero-order chi connectivity index (χ0) is 20.1. The summed E-state index contributed by atoms with van der Waals surface area (Å²) >= 11 is 0. The molecule has 0 unspecified atom stereocenters. The molecule has 1 aliphatic rings. The molecule has 0 bridgehead atoms. The smallest absolute Gasteiger partial charge is 0.355 e. The molecule has 0 saturated carbocycles. The number of carbonyl (C=O) groups is 3. The summed E-state index contributed by atoms with van der Waals surface area (Å²) in [6.45, 7) is 5.15. The van der Waals surface area contributed by atoms with Gasteiger partial charge in [-0.3, -0.25) is 4.79 Å². The molecule has 0 aromatic heterocycles. The van der Waals surface area contributed by atoms with E-state index in [0.717, 1.165) is 11.1 Å². The van der Waals surface area contributed by atoms with E-state index in [-0.39, 0.29) is 17.2 Å². The average molecular weight is 370 g/mol. The number of methoxy groups -OCH3 is 2. The summed E-state index contributed by atoms with van der Waals surface area (Å²) in [7, 11) is 2.47. The number of nitrogens with one attached hydrogen (secondary N) is 1.